The lowest BCUT2D eigenvalue weighted by molar-refractivity contribution is 0.112. The first-order chi connectivity index (χ1) is 7.79. The molecule has 4 nitrogen and oxygen atoms in total. The summed E-state index contributed by atoms with van der Waals surface area (Å²) >= 11 is 1.47. The van der Waals surface area contributed by atoms with Crippen LogP contribution in [0.2, 0.25) is 0 Å². The minimum Gasteiger partial charge on any atom is -0.361 e. The number of hydrogen-bond acceptors (Lipinski definition) is 5. The minimum atomic E-state index is 0.604. The summed E-state index contributed by atoms with van der Waals surface area (Å²) in [7, 11) is 0. The highest BCUT2D eigenvalue weighted by Crippen LogP contribution is 2.22. The molecule has 0 aromatic carbocycles. The van der Waals surface area contributed by atoms with Crippen LogP contribution in [-0.2, 0) is 5.75 Å². The Bertz CT molecular complexity index is 496. The molecule has 2 aromatic heterocycles. The average molecular weight is 234 g/mol. The maximum atomic E-state index is 10.8. The van der Waals surface area contributed by atoms with Gasteiger partial charge in [-0.05, 0) is 19.1 Å². The van der Waals surface area contributed by atoms with Gasteiger partial charge in [-0.2, -0.15) is 0 Å². The van der Waals surface area contributed by atoms with Crippen LogP contribution >= 0.6 is 11.8 Å². The van der Waals surface area contributed by atoms with Crippen molar-refractivity contribution in [2.75, 3.05) is 0 Å². The van der Waals surface area contributed by atoms with Crippen molar-refractivity contribution in [2.45, 2.75) is 17.7 Å². The summed E-state index contributed by atoms with van der Waals surface area (Å²) in [5, 5.41) is 4.59. The van der Waals surface area contributed by atoms with E-state index in [2.05, 4.69) is 10.1 Å². The van der Waals surface area contributed by atoms with E-state index in [4.69, 9.17) is 4.52 Å². The molecule has 0 atom stereocenters. The second-order valence-electron chi connectivity index (χ2n) is 3.23. The van der Waals surface area contributed by atoms with Crippen molar-refractivity contribution in [3.63, 3.8) is 0 Å². The maximum Gasteiger partial charge on any atom is 0.152 e. The smallest absolute Gasteiger partial charge is 0.152 e. The quantitative estimate of drug-likeness (QED) is 0.601. The van der Waals surface area contributed by atoms with Gasteiger partial charge in [0.15, 0.2) is 6.29 Å². The molecule has 0 aliphatic rings. The molecule has 5 heteroatoms. The van der Waals surface area contributed by atoms with Crippen LogP contribution in [0.1, 0.15) is 21.8 Å². The van der Waals surface area contributed by atoms with Gasteiger partial charge >= 0.3 is 0 Å². The van der Waals surface area contributed by atoms with E-state index in [1.165, 1.54) is 11.8 Å². The van der Waals surface area contributed by atoms with E-state index in [0.29, 0.717) is 11.3 Å². The van der Waals surface area contributed by atoms with Crippen LogP contribution in [0.25, 0.3) is 0 Å². The van der Waals surface area contributed by atoms with Crippen LogP contribution in [0.3, 0.4) is 0 Å². The lowest BCUT2D eigenvalue weighted by Gasteiger charge is -2.00. The Labute approximate surface area is 97.1 Å². The van der Waals surface area contributed by atoms with Gasteiger partial charge in [-0.25, -0.2) is 4.98 Å². The van der Waals surface area contributed by atoms with Gasteiger partial charge in [0.25, 0.3) is 0 Å². The molecule has 0 aliphatic heterocycles. The molecule has 0 amide bonds. The minimum absolute atomic E-state index is 0.604. The molecular weight excluding hydrogens is 224 g/mol. The average Bonchev–Trinajstić information content (AvgIpc) is 2.73. The van der Waals surface area contributed by atoms with Gasteiger partial charge in [0.1, 0.15) is 10.8 Å². The molecule has 0 saturated heterocycles. The zero-order valence-electron chi connectivity index (χ0n) is 8.71. The predicted molar refractivity (Wildman–Crippen MR) is 60.4 cm³/mol. The van der Waals surface area contributed by atoms with E-state index in [1.807, 2.05) is 13.0 Å². The van der Waals surface area contributed by atoms with Crippen molar-refractivity contribution in [3.8, 4) is 0 Å². The molecule has 2 rings (SSSR count). The number of rotatable bonds is 4. The van der Waals surface area contributed by atoms with Gasteiger partial charge in [0.2, 0.25) is 0 Å². The lowest BCUT2D eigenvalue weighted by Crippen LogP contribution is -1.89. The molecule has 0 radical (unpaired) electrons. The van der Waals surface area contributed by atoms with Gasteiger partial charge < -0.3 is 4.52 Å². The molecular formula is C11H10N2O2S. The number of aryl methyl sites for hydroxylation is 1. The number of aromatic nitrogens is 2. The Morgan fingerprint density at radius 2 is 2.44 bits per heavy atom. The Kier molecular flexibility index (Phi) is 3.36. The van der Waals surface area contributed by atoms with Crippen LogP contribution in [0, 0.1) is 6.92 Å². The first-order valence-electron chi connectivity index (χ1n) is 4.75. The van der Waals surface area contributed by atoms with Crippen LogP contribution in [0.15, 0.2) is 33.9 Å². The molecule has 0 aliphatic carbocycles. The summed E-state index contributed by atoms with van der Waals surface area (Å²) in [6.45, 7) is 1.85. The third-order valence-electron chi connectivity index (χ3n) is 1.96. The van der Waals surface area contributed by atoms with Crippen LogP contribution in [0.4, 0.5) is 0 Å². The van der Waals surface area contributed by atoms with Gasteiger partial charge in [-0.3, -0.25) is 4.79 Å². The highest BCUT2D eigenvalue weighted by Gasteiger charge is 2.05. The first-order valence-corrected chi connectivity index (χ1v) is 5.73. The standard InChI is InChI=1S/C11H10N2O2S/c1-8-5-10(13-15-8)7-16-11-9(6-14)3-2-4-12-11/h2-6H,7H2,1H3. The number of carbonyl (C=O) groups is 1. The van der Waals surface area contributed by atoms with Crippen LogP contribution in [0.5, 0.6) is 0 Å². The van der Waals surface area contributed by atoms with Crippen molar-refractivity contribution in [1.82, 2.24) is 10.1 Å². The second-order valence-corrected chi connectivity index (χ2v) is 4.20. The zero-order chi connectivity index (χ0) is 11.4. The molecule has 0 saturated carbocycles. The zero-order valence-corrected chi connectivity index (χ0v) is 9.53. The van der Waals surface area contributed by atoms with E-state index in [0.717, 1.165) is 22.8 Å². The van der Waals surface area contributed by atoms with Crippen molar-refractivity contribution < 1.29 is 9.32 Å². The van der Waals surface area contributed by atoms with E-state index in [1.54, 1.807) is 18.3 Å². The molecule has 16 heavy (non-hydrogen) atoms. The molecule has 0 N–H and O–H groups in total. The van der Waals surface area contributed by atoms with Crippen molar-refractivity contribution in [1.29, 1.82) is 0 Å². The fourth-order valence-corrected chi connectivity index (χ4v) is 2.08. The summed E-state index contributed by atoms with van der Waals surface area (Å²) < 4.78 is 4.96. The fraction of sp³-hybridized carbons (Fsp3) is 0.182. The lowest BCUT2D eigenvalue weighted by atomic mass is 10.3. The van der Waals surface area contributed by atoms with E-state index in [9.17, 15) is 4.79 Å². The van der Waals surface area contributed by atoms with E-state index >= 15 is 0 Å². The highest BCUT2D eigenvalue weighted by atomic mass is 32.2. The summed E-state index contributed by atoms with van der Waals surface area (Å²) in [4.78, 5) is 14.9. The van der Waals surface area contributed by atoms with Gasteiger partial charge in [-0.15, -0.1) is 0 Å². The number of pyridine rings is 1. The summed E-state index contributed by atoms with van der Waals surface area (Å²) in [6.07, 6.45) is 2.48. The normalized spacial score (nSPS) is 10.3. The van der Waals surface area contributed by atoms with Crippen molar-refractivity contribution in [3.05, 3.63) is 41.4 Å². The van der Waals surface area contributed by atoms with Crippen molar-refractivity contribution >= 4 is 18.0 Å². The molecule has 2 aromatic rings. The summed E-state index contributed by atoms with van der Waals surface area (Å²) in [5.74, 6) is 1.43. The largest absolute Gasteiger partial charge is 0.361 e. The first kappa shape index (κ1) is 10.9. The molecule has 0 spiro atoms. The third-order valence-corrected chi connectivity index (χ3v) is 3.02. The monoisotopic (exact) mass is 234 g/mol. The SMILES string of the molecule is Cc1cc(CSc2ncccc2C=O)no1. The van der Waals surface area contributed by atoms with Gasteiger partial charge in [-0.1, -0.05) is 16.9 Å². The Morgan fingerprint density at radius 3 is 3.12 bits per heavy atom. The summed E-state index contributed by atoms with van der Waals surface area (Å²) in [5.41, 5.74) is 1.46. The number of nitrogens with zero attached hydrogens (tertiary/aromatic N) is 2. The topological polar surface area (TPSA) is 56.0 Å². The number of aldehydes is 1. The summed E-state index contributed by atoms with van der Waals surface area (Å²) in [6, 6.07) is 5.36. The van der Waals surface area contributed by atoms with Crippen LogP contribution in [-0.4, -0.2) is 16.4 Å². The fourth-order valence-electron chi connectivity index (χ4n) is 1.24. The third kappa shape index (κ3) is 2.49. The predicted octanol–water partition coefficient (Wildman–Crippen LogP) is 2.48. The number of carbonyl (C=O) groups excluding carboxylic acids is 1. The van der Waals surface area contributed by atoms with Crippen LogP contribution < -0.4 is 0 Å². The maximum absolute atomic E-state index is 10.8. The molecule has 2 heterocycles. The number of hydrogen-bond donors (Lipinski definition) is 0. The second kappa shape index (κ2) is 4.94. The molecule has 82 valence electrons. The highest BCUT2D eigenvalue weighted by molar-refractivity contribution is 7.98. The van der Waals surface area contributed by atoms with E-state index in [-0.39, 0.29) is 0 Å². The van der Waals surface area contributed by atoms with Gasteiger partial charge in [0.05, 0.1) is 5.69 Å². The molecule has 0 fully saturated rings. The Balaban J connectivity index is 2.07. The van der Waals surface area contributed by atoms with E-state index < -0.39 is 0 Å². The molecule has 0 unspecified atom stereocenters. The number of thioether (sulfide) groups is 1. The van der Waals surface area contributed by atoms with Crippen molar-refractivity contribution in [2.24, 2.45) is 0 Å². The molecule has 0 bridgehead atoms. The van der Waals surface area contributed by atoms with Gasteiger partial charge in [0, 0.05) is 23.6 Å². The Hall–Kier alpha value is -1.62. The Morgan fingerprint density at radius 1 is 1.56 bits per heavy atom.